The van der Waals surface area contributed by atoms with E-state index in [2.05, 4.69) is 26.2 Å². The number of halogens is 1. The number of amides is 3. The van der Waals surface area contributed by atoms with Crippen LogP contribution in [0.15, 0.2) is 93.2 Å². The van der Waals surface area contributed by atoms with Crippen LogP contribution < -0.4 is 19.8 Å². The number of hydrogen-bond donors (Lipinski definition) is 2. The Morgan fingerprint density at radius 1 is 0.955 bits per heavy atom. The van der Waals surface area contributed by atoms with E-state index in [1.165, 1.54) is 16.2 Å². The third kappa shape index (κ3) is 4.47. The van der Waals surface area contributed by atoms with Crippen molar-refractivity contribution in [3.05, 3.63) is 103 Å². The monoisotopic (exact) mass is 687 g/mol. The maximum absolute atomic E-state index is 13.9. The molecule has 44 heavy (non-hydrogen) atoms. The lowest BCUT2D eigenvalue weighted by Crippen LogP contribution is -2.42. The van der Waals surface area contributed by atoms with Gasteiger partial charge in [0.2, 0.25) is 11.8 Å². The number of para-hydroxylation sites is 1. The molecule has 2 N–H and O–H groups in total. The highest BCUT2D eigenvalue weighted by molar-refractivity contribution is 9.10. The topological polar surface area (TPSA) is 109 Å². The minimum atomic E-state index is -0.376. The molecule has 2 saturated carbocycles. The molecular weight excluding hydrogens is 662 g/mol. The third-order valence-electron chi connectivity index (χ3n) is 9.45. The van der Waals surface area contributed by atoms with Crippen molar-refractivity contribution in [2.75, 3.05) is 16.8 Å². The number of H-pyrrole nitrogens is 1. The quantitative estimate of drug-likeness (QED) is 0.245. The fourth-order valence-corrected chi connectivity index (χ4v) is 11.1. The number of ether oxygens (including phenoxy) is 1. The number of benzene rings is 3. The number of rotatable bonds is 6. The van der Waals surface area contributed by atoms with Gasteiger partial charge in [-0.25, -0.2) is 0 Å². The van der Waals surface area contributed by atoms with Crippen LogP contribution in [-0.4, -0.2) is 34.6 Å². The molecule has 11 heteroatoms. The van der Waals surface area contributed by atoms with Crippen molar-refractivity contribution in [1.82, 2.24) is 4.98 Å². The highest BCUT2D eigenvalue weighted by Crippen LogP contribution is 2.68. The second-order valence-electron chi connectivity index (χ2n) is 11.7. The van der Waals surface area contributed by atoms with Crippen LogP contribution in [0.4, 0.5) is 11.4 Å². The first-order valence-corrected chi connectivity index (χ1v) is 17.0. The highest BCUT2D eigenvalue weighted by atomic mass is 79.9. The Kier molecular flexibility index (Phi) is 6.80. The molecule has 4 aliphatic rings. The van der Waals surface area contributed by atoms with E-state index in [1.807, 2.05) is 66.7 Å². The van der Waals surface area contributed by atoms with E-state index in [9.17, 15) is 19.2 Å². The van der Waals surface area contributed by atoms with E-state index in [0.717, 1.165) is 26.4 Å². The first-order valence-electron chi connectivity index (χ1n) is 14.5. The number of carbonyl (C=O) groups is 3. The number of anilines is 2. The molecule has 0 spiro atoms. The molecule has 2 aliphatic carbocycles. The molecule has 8 nitrogen and oxygen atoms in total. The molecule has 7 atom stereocenters. The Morgan fingerprint density at radius 3 is 2.48 bits per heavy atom. The van der Waals surface area contributed by atoms with Crippen LogP contribution in [-0.2, 0) is 14.4 Å². The van der Waals surface area contributed by atoms with Gasteiger partial charge in [-0.3, -0.25) is 24.1 Å². The molecule has 0 radical (unpaired) electrons. The number of thiazole rings is 1. The van der Waals surface area contributed by atoms with Gasteiger partial charge < -0.3 is 15.0 Å². The van der Waals surface area contributed by atoms with E-state index in [1.54, 1.807) is 23.9 Å². The van der Waals surface area contributed by atoms with Gasteiger partial charge in [0.15, 0.2) is 6.61 Å². The van der Waals surface area contributed by atoms with Crippen LogP contribution in [0.3, 0.4) is 0 Å². The molecule has 1 saturated heterocycles. The molecule has 3 heterocycles. The molecular formula is C33H26BrN3O5S2. The first kappa shape index (κ1) is 27.8. The Labute approximate surface area is 269 Å². The van der Waals surface area contributed by atoms with E-state index >= 15 is 0 Å². The van der Waals surface area contributed by atoms with Crippen molar-refractivity contribution in [3.8, 4) is 5.75 Å². The van der Waals surface area contributed by atoms with Gasteiger partial charge in [-0.2, -0.15) is 0 Å². The number of nitrogens with zero attached hydrogens (tertiary/aromatic N) is 1. The van der Waals surface area contributed by atoms with Gasteiger partial charge in [0.05, 0.1) is 22.5 Å². The summed E-state index contributed by atoms with van der Waals surface area (Å²) in [5.41, 5.74) is 2.28. The number of thioether (sulfide) groups is 1. The lowest BCUT2D eigenvalue weighted by Gasteiger charge is -2.43. The van der Waals surface area contributed by atoms with Crippen molar-refractivity contribution in [2.24, 2.45) is 29.6 Å². The largest absolute Gasteiger partial charge is 0.484 e. The summed E-state index contributed by atoms with van der Waals surface area (Å²) in [5, 5.41) is 3.77. The SMILES string of the molecule is O=C(COc1cccc([C@@H]2c3sc(=O)[nH]c3S[C@@H]3[C@@H]4C[C@@H]([C@@H]5C(=O)N(c6ccc(Br)cc6)C(=O)[C@@H]45)[C@H]23)c1)Nc1ccccc1. The zero-order valence-corrected chi connectivity index (χ0v) is 26.4. The highest BCUT2D eigenvalue weighted by Gasteiger charge is 2.69. The molecule has 2 bridgehead atoms. The Bertz CT molecular complexity index is 1860. The number of fused-ring (bicyclic) bond motifs is 9. The van der Waals surface area contributed by atoms with Gasteiger partial charge in [-0.15, -0.1) is 11.8 Å². The van der Waals surface area contributed by atoms with E-state index in [4.69, 9.17) is 4.74 Å². The number of nitrogens with one attached hydrogen (secondary N) is 2. The second-order valence-corrected chi connectivity index (χ2v) is 14.8. The van der Waals surface area contributed by atoms with E-state index in [-0.39, 0.29) is 70.0 Å². The second kappa shape index (κ2) is 10.7. The number of imide groups is 1. The maximum Gasteiger partial charge on any atom is 0.305 e. The van der Waals surface area contributed by atoms with Gasteiger partial charge in [-0.1, -0.05) is 57.6 Å². The summed E-state index contributed by atoms with van der Waals surface area (Å²) >= 11 is 6.32. The fourth-order valence-electron chi connectivity index (χ4n) is 7.90. The predicted molar refractivity (Wildman–Crippen MR) is 172 cm³/mol. The molecule has 0 unspecified atom stereocenters. The minimum Gasteiger partial charge on any atom is -0.484 e. The lowest BCUT2D eigenvalue weighted by atomic mass is 9.68. The fraction of sp³-hybridized carbons (Fsp3) is 0.273. The van der Waals surface area contributed by atoms with Crippen LogP contribution in [0.5, 0.6) is 5.75 Å². The predicted octanol–water partition coefficient (Wildman–Crippen LogP) is 5.89. The molecule has 3 fully saturated rings. The summed E-state index contributed by atoms with van der Waals surface area (Å²) in [6.45, 7) is -0.148. The Hall–Kier alpha value is -3.67. The molecule has 1 aromatic heterocycles. The average molecular weight is 689 g/mol. The van der Waals surface area contributed by atoms with Gasteiger partial charge in [-0.05, 0) is 78.3 Å². The van der Waals surface area contributed by atoms with Gasteiger partial charge in [0.25, 0.3) is 5.91 Å². The van der Waals surface area contributed by atoms with Crippen LogP contribution in [0.1, 0.15) is 22.8 Å². The van der Waals surface area contributed by atoms with Crippen molar-refractivity contribution < 1.29 is 19.1 Å². The average Bonchev–Trinajstić information content (AvgIpc) is 3.76. The lowest BCUT2D eigenvalue weighted by molar-refractivity contribution is -0.123. The molecule has 2 aliphatic heterocycles. The standard InChI is InChI=1S/C33H26BrN3O5S2/c34-17-9-11-19(12-10-17)37-31(39)26-21-14-22(27(26)32(37)40)28-25(21)24(29-30(43-28)36-33(41)44-29)16-5-4-8-20(13-16)42-15-23(38)35-18-6-2-1-3-7-18/h1-13,21-22,24-28H,14-15H2,(H,35,38)(H,36,41)/t21-,22-,24+,25-,26+,27+,28-/m1/s1. The molecule has 4 aromatic rings. The summed E-state index contributed by atoms with van der Waals surface area (Å²) in [6.07, 6.45) is 0.814. The smallest absolute Gasteiger partial charge is 0.305 e. The Balaban J connectivity index is 1.10. The van der Waals surface area contributed by atoms with Crippen LogP contribution >= 0.6 is 39.0 Å². The normalized spacial score (nSPS) is 28.0. The van der Waals surface area contributed by atoms with E-state index < -0.39 is 0 Å². The number of carbonyl (C=O) groups excluding carboxylic acids is 3. The molecule has 8 rings (SSSR count). The number of hydrogen-bond acceptors (Lipinski definition) is 7. The van der Waals surface area contributed by atoms with Crippen molar-refractivity contribution in [3.63, 3.8) is 0 Å². The van der Waals surface area contributed by atoms with Gasteiger partial charge >= 0.3 is 4.87 Å². The van der Waals surface area contributed by atoms with Crippen LogP contribution in [0.25, 0.3) is 0 Å². The number of aromatic amines is 1. The first-order chi connectivity index (χ1) is 21.4. The van der Waals surface area contributed by atoms with Gasteiger partial charge in [0.1, 0.15) is 5.75 Å². The maximum atomic E-state index is 13.9. The summed E-state index contributed by atoms with van der Waals surface area (Å²) in [6, 6.07) is 24.2. The van der Waals surface area contributed by atoms with Crippen LogP contribution in [0.2, 0.25) is 0 Å². The zero-order valence-electron chi connectivity index (χ0n) is 23.1. The summed E-state index contributed by atoms with van der Waals surface area (Å²) in [4.78, 5) is 58.2. The van der Waals surface area contributed by atoms with E-state index in [0.29, 0.717) is 17.1 Å². The zero-order chi connectivity index (χ0) is 30.1. The van der Waals surface area contributed by atoms with Crippen molar-refractivity contribution in [2.45, 2.75) is 22.6 Å². The van der Waals surface area contributed by atoms with Crippen molar-refractivity contribution >= 4 is 68.1 Å². The molecule has 222 valence electrons. The third-order valence-corrected chi connectivity index (χ3v) is 12.6. The van der Waals surface area contributed by atoms with Gasteiger partial charge in [0, 0.05) is 26.2 Å². The summed E-state index contributed by atoms with van der Waals surface area (Å²) in [5.74, 6) is -0.681. The minimum absolute atomic E-state index is 0.0102. The summed E-state index contributed by atoms with van der Waals surface area (Å²) < 4.78 is 6.80. The Morgan fingerprint density at radius 2 is 1.70 bits per heavy atom. The molecule has 3 amide bonds. The van der Waals surface area contributed by atoms with Crippen LogP contribution in [0, 0.1) is 29.6 Å². The van der Waals surface area contributed by atoms with Crippen molar-refractivity contribution in [1.29, 1.82) is 0 Å². The number of aromatic nitrogens is 1. The summed E-state index contributed by atoms with van der Waals surface area (Å²) in [7, 11) is 0. The molecule has 3 aromatic carbocycles.